The van der Waals surface area contributed by atoms with Crippen LogP contribution in [0.4, 0.5) is 13.2 Å². The van der Waals surface area contributed by atoms with Crippen LogP contribution in [0, 0.1) is 0 Å². The highest BCUT2D eigenvalue weighted by atomic mass is 19.4. The van der Waals surface area contributed by atoms with E-state index in [0.29, 0.717) is 5.69 Å². The SMILES string of the molecule is C[C@H](OCC(F)(F)F)C(=O)N[C@@H](c1ccccc1)c1ccccn1. The summed E-state index contributed by atoms with van der Waals surface area (Å²) in [6, 6.07) is 13.7. The van der Waals surface area contributed by atoms with E-state index in [-0.39, 0.29) is 0 Å². The molecule has 0 aliphatic heterocycles. The Morgan fingerprint density at radius 2 is 1.83 bits per heavy atom. The van der Waals surface area contributed by atoms with Gasteiger partial charge in [-0.15, -0.1) is 0 Å². The number of rotatable bonds is 6. The lowest BCUT2D eigenvalue weighted by atomic mass is 10.0. The molecule has 0 saturated heterocycles. The molecule has 0 saturated carbocycles. The van der Waals surface area contributed by atoms with Crippen molar-refractivity contribution in [2.75, 3.05) is 6.61 Å². The van der Waals surface area contributed by atoms with Crippen LogP contribution in [0.3, 0.4) is 0 Å². The topological polar surface area (TPSA) is 51.2 Å². The molecule has 2 aromatic rings. The lowest BCUT2D eigenvalue weighted by Crippen LogP contribution is -2.39. The number of amides is 1. The first-order valence-corrected chi connectivity index (χ1v) is 7.31. The van der Waals surface area contributed by atoms with E-state index >= 15 is 0 Å². The van der Waals surface area contributed by atoms with Crippen LogP contribution in [0.25, 0.3) is 0 Å². The normalized spacial score (nSPS) is 14.0. The number of hydrogen-bond acceptors (Lipinski definition) is 3. The molecule has 0 aliphatic rings. The van der Waals surface area contributed by atoms with Gasteiger partial charge in [0.2, 0.25) is 5.91 Å². The second kappa shape index (κ2) is 7.92. The zero-order valence-corrected chi connectivity index (χ0v) is 13.0. The Morgan fingerprint density at radius 1 is 1.17 bits per heavy atom. The molecule has 0 spiro atoms. The number of hydrogen-bond donors (Lipinski definition) is 1. The average Bonchev–Trinajstić information content (AvgIpc) is 2.58. The first kappa shape index (κ1) is 17.9. The van der Waals surface area contributed by atoms with E-state index in [0.717, 1.165) is 5.56 Å². The Morgan fingerprint density at radius 3 is 2.42 bits per heavy atom. The molecule has 0 fully saturated rings. The molecular weight excluding hydrogens is 321 g/mol. The minimum Gasteiger partial charge on any atom is -0.359 e. The van der Waals surface area contributed by atoms with E-state index in [1.807, 2.05) is 6.07 Å². The van der Waals surface area contributed by atoms with E-state index in [1.54, 1.807) is 48.7 Å². The van der Waals surface area contributed by atoms with Crippen LogP contribution in [0.5, 0.6) is 0 Å². The molecule has 2 atom stereocenters. The molecule has 1 aromatic carbocycles. The van der Waals surface area contributed by atoms with Crippen molar-refractivity contribution in [3.05, 3.63) is 66.0 Å². The van der Waals surface area contributed by atoms with E-state index < -0.39 is 30.8 Å². The number of benzene rings is 1. The maximum absolute atomic E-state index is 12.2. The summed E-state index contributed by atoms with van der Waals surface area (Å²) in [4.78, 5) is 16.4. The smallest absolute Gasteiger partial charge is 0.359 e. The van der Waals surface area contributed by atoms with Crippen molar-refractivity contribution < 1.29 is 22.7 Å². The fourth-order valence-corrected chi connectivity index (χ4v) is 2.08. The highest BCUT2D eigenvalue weighted by Crippen LogP contribution is 2.21. The number of pyridine rings is 1. The first-order valence-electron chi connectivity index (χ1n) is 7.31. The third kappa shape index (κ3) is 5.34. The molecule has 0 aliphatic carbocycles. The summed E-state index contributed by atoms with van der Waals surface area (Å²) in [6.45, 7) is -0.192. The van der Waals surface area contributed by atoms with Gasteiger partial charge in [-0.2, -0.15) is 13.2 Å². The molecule has 4 nitrogen and oxygen atoms in total. The quantitative estimate of drug-likeness (QED) is 0.880. The minimum atomic E-state index is -4.48. The van der Waals surface area contributed by atoms with Crippen molar-refractivity contribution in [2.45, 2.75) is 25.2 Å². The van der Waals surface area contributed by atoms with Gasteiger partial charge in [0.15, 0.2) is 0 Å². The second-order valence-corrected chi connectivity index (χ2v) is 5.18. The number of nitrogens with zero attached hydrogens (tertiary/aromatic N) is 1. The summed E-state index contributed by atoms with van der Waals surface area (Å²) in [7, 11) is 0. The molecule has 1 heterocycles. The van der Waals surface area contributed by atoms with Crippen LogP contribution in [-0.4, -0.2) is 29.8 Å². The van der Waals surface area contributed by atoms with Crippen LogP contribution in [0.2, 0.25) is 0 Å². The van der Waals surface area contributed by atoms with Gasteiger partial charge in [-0.25, -0.2) is 0 Å². The summed E-state index contributed by atoms with van der Waals surface area (Å²) in [6.07, 6.45) is -4.13. The van der Waals surface area contributed by atoms with Crippen molar-refractivity contribution in [3.63, 3.8) is 0 Å². The highest BCUT2D eigenvalue weighted by molar-refractivity contribution is 5.81. The number of ether oxygens (including phenoxy) is 1. The predicted octanol–water partition coefficient (Wildman–Crippen LogP) is 3.25. The van der Waals surface area contributed by atoms with Gasteiger partial charge in [0.1, 0.15) is 12.7 Å². The Kier molecular flexibility index (Phi) is 5.92. The lowest BCUT2D eigenvalue weighted by Gasteiger charge is -2.21. The number of halogens is 3. The molecule has 1 N–H and O–H groups in total. The summed E-state index contributed by atoms with van der Waals surface area (Å²) < 4.78 is 41.2. The molecule has 128 valence electrons. The van der Waals surface area contributed by atoms with Crippen LogP contribution in [-0.2, 0) is 9.53 Å². The molecule has 0 bridgehead atoms. The molecule has 24 heavy (non-hydrogen) atoms. The Labute approximate surface area is 137 Å². The van der Waals surface area contributed by atoms with Crippen LogP contribution in [0.15, 0.2) is 54.7 Å². The fourth-order valence-electron chi connectivity index (χ4n) is 2.08. The highest BCUT2D eigenvalue weighted by Gasteiger charge is 2.30. The van der Waals surface area contributed by atoms with Gasteiger partial charge in [0, 0.05) is 6.20 Å². The molecule has 2 rings (SSSR count). The molecule has 1 aromatic heterocycles. The van der Waals surface area contributed by atoms with E-state index in [4.69, 9.17) is 0 Å². The number of carbonyl (C=O) groups is 1. The summed E-state index contributed by atoms with van der Waals surface area (Å²) in [5.41, 5.74) is 1.35. The standard InChI is InChI=1S/C17H17F3N2O2/c1-12(24-11-17(18,19)20)16(23)22-15(13-7-3-2-4-8-13)14-9-5-6-10-21-14/h2-10,12,15H,11H2,1H3,(H,22,23)/t12-,15-/m0/s1. The second-order valence-electron chi connectivity index (χ2n) is 5.18. The fraction of sp³-hybridized carbons (Fsp3) is 0.294. The number of aromatic nitrogens is 1. The molecule has 0 unspecified atom stereocenters. The van der Waals surface area contributed by atoms with Gasteiger partial charge in [-0.3, -0.25) is 9.78 Å². The van der Waals surface area contributed by atoms with Crippen molar-refractivity contribution in [3.8, 4) is 0 Å². The van der Waals surface area contributed by atoms with Crippen molar-refractivity contribution in [1.29, 1.82) is 0 Å². The zero-order chi connectivity index (χ0) is 17.6. The number of carbonyl (C=O) groups excluding carboxylic acids is 1. The van der Waals surface area contributed by atoms with Crippen LogP contribution in [0.1, 0.15) is 24.2 Å². The third-order valence-corrected chi connectivity index (χ3v) is 3.27. The van der Waals surface area contributed by atoms with Gasteiger partial charge in [-0.1, -0.05) is 36.4 Å². The van der Waals surface area contributed by atoms with Crippen molar-refractivity contribution in [1.82, 2.24) is 10.3 Å². The maximum Gasteiger partial charge on any atom is 0.411 e. The Balaban J connectivity index is 2.13. The van der Waals surface area contributed by atoms with Gasteiger partial charge < -0.3 is 10.1 Å². The van der Waals surface area contributed by atoms with Gasteiger partial charge in [0.05, 0.1) is 11.7 Å². The first-order chi connectivity index (χ1) is 11.4. The minimum absolute atomic E-state index is 0.572. The van der Waals surface area contributed by atoms with Crippen LogP contribution < -0.4 is 5.32 Å². The monoisotopic (exact) mass is 338 g/mol. The Bertz CT molecular complexity index is 608. The zero-order valence-electron chi connectivity index (χ0n) is 13.0. The van der Waals surface area contributed by atoms with E-state index in [2.05, 4.69) is 15.0 Å². The van der Waals surface area contributed by atoms with Crippen molar-refractivity contribution >= 4 is 5.91 Å². The van der Waals surface area contributed by atoms with Crippen LogP contribution >= 0.6 is 0 Å². The predicted molar refractivity (Wildman–Crippen MR) is 82.1 cm³/mol. The van der Waals surface area contributed by atoms with Gasteiger partial charge >= 0.3 is 6.18 Å². The maximum atomic E-state index is 12.2. The lowest BCUT2D eigenvalue weighted by molar-refractivity contribution is -0.185. The van der Waals surface area contributed by atoms with Gasteiger partial charge in [0.25, 0.3) is 0 Å². The molecule has 7 heteroatoms. The molecular formula is C17H17F3N2O2. The third-order valence-electron chi connectivity index (χ3n) is 3.27. The summed E-state index contributed by atoms with van der Waals surface area (Å²) in [5, 5.41) is 2.69. The number of alkyl halides is 3. The molecule has 0 radical (unpaired) electrons. The average molecular weight is 338 g/mol. The summed E-state index contributed by atoms with van der Waals surface area (Å²) in [5.74, 6) is -0.640. The Hall–Kier alpha value is -2.41. The number of nitrogens with one attached hydrogen (secondary N) is 1. The largest absolute Gasteiger partial charge is 0.411 e. The van der Waals surface area contributed by atoms with E-state index in [9.17, 15) is 18.0 Å². The van der Waals surface area contributed by atoms with E-state index in [1.165, 1.54) is 6.92 Å². The van der Waals surface area contributed by atoms with Crippen molar-refractivity contribution in [2.24, 2.45) is 0 Å². The van der Waals surface area contributed by atoms with Gasteiger partial charge in [-0.05, 0) is 24.6 Å². The summed E-state index contributed by atoms with van der Waals surface area (Å²) >= 11 is 0. The molecule has 1 amide bonds.